The summed E-state index contributed by atoms with van der Waals surface area (Å²) in [6, 6.07) is 12.8. The van der Waals surface area contributed by atoms with Crippen LogP contribution in [-0.2, 0) is 0 Å². The van der Waals surface area contributed by atoms with E-state index in [9.17, 15) is 10.4 Å². The molecule has 0 aromatic heterocycles. The molecule has 0 heterocycles. The van der Waals surface area contributed by atoms with Crippen molar-refractivity contribution in [2.45, 2.75) is 6.92 Å². The van der Waals surface area contributed by atoms with E-state index in [0.29, 0.717) is 26.5 Å². The number of aromatic hydroxyl groups is 1. The summed E-state index contributed by atoms with van der Waals surface area (Å²) in [4.78, 5) is 0. The van der Waals surface area contributed by atoms with Crippen LogP contribution in [0.1, 0.15) is 18.1 Å². The molecule has 5 heteroatoms. The lowest BCUT2D eigenvalue weighted by atomic mass is 10.0. The maximum Gasteiger partial charge on any atom is 0.171 e. The molecule has 1 N–H and O–H groups in total. The van der Waals surface area contributed by atoms with E-state index < -0.39 is 0 Å². The molecule has 2 aromatic carbocycles. The van der Waals surface area contributed by atoms with Crippen molar-refractivity contribution in [2.75, 3.05) is 6.61 Å². The zero-order chi connectivity index (χ0) is 16.1. The Labute approximate surface area is 147 Å². The highest BCUT2D eigenvalue weighted by Crippen LogP contribution is 2.34. The second kappa shape index (κ2) is 7.52. The topological polar surface area (TPSA) is 53.2 Å². The van der Waals surface area contributed by atoms with Gasteiger partial charge in [-0.2, -0.15) is 5.26 Å². The number of hydrogen-bond acceptors (Lipinski definition) is 3. The highest BCUT2D eigenvalue weighted by molar-refractivity contribution is 14.1. The van der Waals surface area contributed by atoms with E-state index in [2.05, 4.69) is 6.07 Å². The first-order valence-electron chi connectivity index (χ1n) is 6.58. The van der Waals surface area contributed by atoms with Crippen molar-refractivity contribution in [3.05, 3.63) is 56.1 Å². The highest BCUT2D eigenvalue weighted by atomic mass is 127. The van der Waals surface area contributed by atoms with Gasteiger partial charge in [0.15, 0.2) is 11.5 Å². The molecule has 112 valence electrons. The fraction of sp³-hybridized carbons (Fsp3) is 0.118. The van der Waals surface area contributed by atoms with Crippen LogP contribution in [0.2, 0.25) is 5.02 Å². The fourth-order valence-electron chi connectivity index (χ4n) is 1.95. The molecule has 0 aliphatic rings. The SMILES string of the molecule is CCOc1cc(/C=C(/C#N)c2cccc(Cl)c2)cc(I)c1O. The monoisotopic (exact) mass is 425 g/mol. The standard InChI is InChI=1S/C17H13ClINO2/c1-2-22-16-8-11(7-15(19)17(16)21)6-13(10-20)12-4-3-5-14(18)9-12/h3-9,21H,2H2,1H3/b13-6-. The van der Waals surface area contributed by atoms with E-state index in [-0.39, 0.29) is 5.75 Å². The van der Waals surface area contributed by atoms with Crippen LogP contribution in [0.3, 0.4) is 0 Å². The molecule has 22 heavy (non-hydrogen) atoms. The van der Waals surface area contributed by atoms with Gasteiger partial charge in [0.2, 0.25) is 0 Å². The summed E-state index contributed by atoms with van der Waals surface area (Å²) in [7, 11) is 0. The molecule has 0 amide bonds. The molecule has 0 radical (unpaired) electrons. The lowest BCUT2D eigenvalue weighted by molar-refractivity contribution is 0.317. The second-order valence-corrected chi connectivity index (χ2v) is 6.06. The zero-order valence-electron chi connectivity index (χ0n) is 11.8. The highest BCUT2D eigenvalue weighted by Gasteiger charge is 2.09. The Kier molecular flexibility index (Phi) is 5.69. The van der Waals surface area contributed by atoms with Crippen LogP contribution in [0.25, 0.3) is 11.6 Å². The molecular formula is C17H13ClINO2. The third-order valence-electron chi connectivity index (χ3n) is 2.92. The number of phenols is 1. The molecule has 0 unspecified atom stereocenters. The summed E-state index contributed by atoms with van der Waals surface area (Å²) in [5.41, 5.74) is 2.02. The van der Waals surface area contributed by atoms with Crippen LogP contribution < -0.4 is 4.74 Å². The predicted octanol–water partition coefficient (Wildman–Crippen LogP) is 5.11. The molecular weight excluding hydrogens is 413 g/mol. The van der Waals surface area contributed by atoms with Crippen LogP contribution in [0, 0.1) is 14.9 Å². The minimum absolute atomic E-state index is 0.112. The first kappa shape index (κ1) is 16.7. The lowest BCUT2D eigenvalue weighted by Gasteiger charge is -2.09. The van der Waals surface area contributed by atoms with Crippen molar-refractivity contribution in [1.29, 1.82) is 5.26 Å². The lowest BCUT2D eigenvalue weighted by Crippen LogP contribution is -1.94. The minimum Gasteiger partial charge on any atom is -0.504 e. The van der Waals surface area contributed by atoms with Gasteiger partial charge in [-0.3, -0.25) is 0 Å². The normalized spacial score (nSPS) is 11.1. The van der Waals surface area contributed by atoms with Gasteiger partial charge >= 0.3 is 0 Å². The second-order valence-electron chi connectivity index (χ2n) is 4.46. The Morgan fingerprint density at radius 3 is 2.82 bits per heavy atom. The van der Waals surface area contributed by atoms with Gasteiger partial charge in [-0.05, 0) is 71.0 Å². The van der Waals surface area contributed by atoms with Gasteiger partial charge in [-0.1, -0.05) is 23.7 Å². The van der Waals surface area contributed by atoms with Crippen molar-refractivity contribution in [3.8, 4) is 17.6 Å². The summed E-state index contributed by atoms with van der Waals surface area (Å²) in [6.07, 6.45) is 1.75. The van der Waals surface area contributed by atoms with Crippen LogP contribution in [-0.4, -0.2) is 11.7 Å². The molecule has 0 saturated carbocycles. The van der Waals surface area contributed by atoms with Gasteiger partial charge in [0.05, 0.1) is 21.8 Å². The van der Waals surface area contributed by atoms with Crippen molar-refractivity contribution in [3.63, 3.8) is 0 Å². The third-order valence-corrected chi connectivity index (χ3v) is 3.98. The number of hydrogen-bond donors (Lipinski definition) is 1. The van der Waals surface area contributed by atoms with E-state index in [1.807, 2.05) is 35.6 Å². The average Bonchev–Trinajstić information content (AvgIpc) is 2.50. The van der Waals surface area contributed by atoms with Gasteiger partial charge in [-0.25, -0.2) is 0 Å². The molecule has 0 aliphatic heterocycles. The summed E-state index contributed by atoms with van der Waals surface area (Å²) in [6.45, 7) is 2.30. The molecule has 0 atom stereocenters. The molecule has 2 aromatic rings. The zero-order valence-corrected chi connectivity index (χ0v) is 14.7. The molecule has 2 rings (SSSR count). The van der Waals surface area contributed by atoms with Crippen LogP contribution in [0.4, 0.5) is 0 Å². The number of rotatable bonds is 4. The van der Waals surface area contributed by atoms with Gasteiger partial charge in [0, 0.05) is 5.02 Å². The maximum absolute atomic E-state index is 9.96. The Hall–Kier alpha value is -1.71. The molecule has 0 fully saturated rings. The van der Waals surface area contributed by atoms with Crippen LogP contribution >= 0.6 is 34.2 Å². The fourth-order valence-corrected chi connectivity index (χ4v) is 2.76. The summed E-state index contributed by atoms with van der Waals surface area (Å²) >= 11 is 8.00. The summed E-state index contributed by atoms with van der Waals surface area (Å²) in [5.74, 6) is 0.518. The number of benzene rings is 2. The Balaban J connectivity index is 2.48. The van der Waals surface area contributed by atoms with Crippen molar-refractivity contribution < 1.29 is 9.84 Å². The summed E-state index contributed by atoms with van der Waals surface area (Å²) in [5, 5.41) is 19.9. The number of allylic oxidation sites excluding steroid dienone is 1. The minimum atomic E-state index is 0.112. The van der Waals surface area contributed by atoms with Crippen molar-refractivity contribution in [1.82, 2.24) is 0 Å². The van der Waals surface area contributed by atoms with Crippen molar-refractivity contribution in [2.24, 2.45) is 0 Å². The van der Waals surface area contributed by atoms with Gasteiger partial charge in [0.25, 0.3) is 0 Å². The third kappa shape index (κ3) is 3.93. The van der Waals surface area contributed by atoms with Crippen molar-refractivity contribution >= 4 is 45.8 Å². The molecule has 0 aliphatic carbocycles. The van der Waals surface area contributed by atoms with E-state index in [1.165, 1.54) is 0 Å². The molecule has 0 bridgehead atoms. The van der Waals surface area contributed by atoms with E-state index >= 15 is 0 Å². The smallest absolute Gasteiger partial charge is 0.171 e. The molecule has 3 nitrogen and oxygen atoms in total. The Bertz CT molecular complexity index is 766. The number of ether oxygens (including phenoxy) is 1. The van der Waals surface area contributed by atoms with Crippen LogP contribution in [0.5, 0.6) is 11.5 Å². The predicted molar refractivity (Wildman–Crippen MR) is 96.9 cm³/mol. The Morgan fingerprint density at radius 2 is 2.18 bits per heavy atom. The van der Waals surface area contributed by atoms with Gasteiger partial charge in [-0.15, -0.1) is 0 Å². The van der Waals surface area contributed by atoms with E-state index in [1.54, 1.807) is 36.4 Å². The van der Waals surface area contributed by atoms with E-state index in [4.69, 9.17) is 16.3 Å². The number of nitrogens with zero attached hydrogens (tertiary/aromatic N) is 1. The first-order valence-corrected chi connectivity index (χ1v) is 8.04. The quantitative estimate of drug-likeness (QED) is 0.420. The largest absolute Gasteiger partial charge is 0.504 e. The number of phenolic OH excluding ortho intramolecular Hbond substituents is 1. The number of halogens is 2. The summed E-state index contributed by atoms with van der Waals surface area (Å²) < 4.78 is 6.08. The first-order chi connectivity index (χ1) is 10.5. The molecule has 0 spiro atoms. The van der Waals surface area contributed by atoms with Crippen LogP contribution in [0.15, 0.2) is 36.4 Å². The van der Waals surface area contributed by atoms with E-state index in [0.717, 1.165) is 11.1 Å². The number of nitriles is 1. The van der Waals surface area contributed by atoms with Gasteiger partial charge in [0.1, 0.15) is 0 Å². The molecule has 0 saturated heterocycles. The maximum atomic E-state index is 9.96. The van der Waals surface area contributed by atoms with Gasteiger partial charge < -0.3 is 9.84 Å². The Morgan fingerprint density at radius 1 is 1.41 bits per heavy atom. The average molecular weight is 426 g/mol.